The van der Waals surface area contributed by atoms with Crippen molar-refractivity contribution >= 4 is 23.3 Å². The third-order valence-corrected chi connectivity index (χ3v) is 5.41. The van der Waals surface area contributed by atoms with Crippen molar-refractivity contribution in [2.75, 3.05) is 18.0 Å². The van der Waals surface area contributed by atoms with Crippen LogP contribution in [0.15, 0.2) is 24.7 Å². The van der Waals surface area contributed by atoms with Gasteiger partial charge < -0.3 is 10.2 Å². The van der Waals surface area contributed by atoms with E-state index in [1.54, 1.807) is 0 Å². The molecule has 2 fully saturated rings. The third kappa shape index (κ3) is 1.93. The summed E-state index contributed by atoms with van der Waals surface area (Å²) < 4.78 is 2.06. The lowest BCUT2D eigenvalue weighted by Gasteiger charge is -2.50. The summed E-state index contributed by atoms with van der Waals surface area (Å²) in [6.45, 7) is 7.49. The Bertz CT molecular complexity index is 856. The van der Waals surface area contributed by atoms with Gasteiger partial charge in [-0.15, -0.1) is 0 Å². The average molecular weight is 327 g/mol. The summed E-state index contributed by atoms with van der Waals surface area (Å²) in [4.78, 5) is 30.6. The maximum Gasteiger partial charge on any atom is 0.322 e. The highest BCUT2D eigenvalue weighted by Crippen LogP contribution is 2.42. The van der Waals surface area contributed by atoms with Crippen molar-refractivity contribution in [1.82, 2.24) is 20.0 Å². The van der Waals surface area contributed by atoms with Gasteiger partial charge in [-0.2, -0.15) is 0 Å². The molecule has 3 amide bonds. The van der Waals surface area contributed by atoms with Crippen molar-refractivity contribution in [3.05, 3.63) is 30.2 Å². The fourth-order valence-corrected chi connectivity index (χ4v) is 4.07. The van der Waals surface area contributed by atoms with Gasteiger partial charge in [0.05, 0.1) is 11.7 Å². The number of pyridine rings is 1. The van der Waals surface area contributed by atoms with Crippen LogP contribution in [0.1, 0.15) is 25.8 Å². The molecule has 0 aromatic carbocycles. The predicted molar refractivity (Wildman–Crippen MR) is 89.9 cm³/mol. The van der Waals surface area contributed by atoms with Gasteiger partial charge in [0.25, 0.3) is 5.91 Å². The van der Waals surface area contributed by atoms with E-state index in [1.165, 1.54) is 5.56 Å². The standard InChI is InChI=1S/C17H21N5O2/c1-11-6-12-8-18-10-22(12)13(7-11)21-5-4-17(16(2,3)9-21)14(23)19-15(24)20-17/h6-8,10H,4-5,9H2,1-3H3,(H2,19,20,23,24). The minimum Gasteiger partial charge on any atom is -0.357 e. The summed E-state index contributed by atoms with van der Waals surface area (Å²) in [5.41, 5.74) is 0.981. The molecule has 0 aliphatic carbocycles. The zero-order valence-corrected chi connectivity index (χ0v) is 14.1. The van der Waals surface area contributed by atoms with E-state index in [0.29, 0.717) is 19.5 Å². The largest absolute Gasteiger partial charge is 0.357 e. The van der Waals surface area contributed by atoms with Gasteiger partial charge in [-0.05, 0) is 31.0 Å². The van der Waals surface area contributed by atoms with Crippen LogP contribution in [0.3, 0.4) is 0 Å². The number of nitrogens with one attached hydrogen (secondary N) is 2. The highest BCUT2D eigenvalue weighted by Gasteiger charge is 2.58. The number of hydrogen-bond acceptors (Lipinski definition) is 4. The molecule has 1 spiro atoms. The molecular weight excluding hydrogens is 306 g/mol. The van der Waals surface area contributed by atoms with Crippen molar-refractivity contribution in [3.8, 4) is 0 Å². The van der Waals surface area contributed by atoms with Gasteiger partial charge in [-0.25, -0.2) is 9.78 Å². The first-order valence-corrected chi connectivity index (χ1v) is 8.14. The first-order valence-electron chi connectivity index (χ1n) is 8.14. The van der Waals surface area contributed by atoms with Crippen LogP contribution < -0.4 is 15.5 Å². The number of urea groups is 1. The number of amides is 3. The van der Waals surface area contributed by atoms with Crippen LogP contribution in [0.25, 0.3) is 5.52 Å². The molecule has 2 aliphatic heterocycles. The summed E-state index contributed by atoms with van der Waals surface area (Å²) in [6.07, 6.45) is 4.23. The zero-order chi connectivity index (χ0) is 17.1. The quantitative estimate of drug-likeness (QED) is 0.777. The number of imide groups is 1. The van der Waals surface area contributed by atoms with E-state index in [4.69, 9.17) is 0 Å². The van der Waals surface area contributed by atoms with E-state index >= 15 is 0 Å². The molecule has 126 valence electrons. The molecule has 4 heterocycles. The smallest absolute Gasteiger partial charge is 0.322 e. The fraction of sp³-hybridized carbons (Fsp3) is 0.471. The Morgan fingerprint density at radius 2 is 2.04 bits per heavy atom. The monoisotopic (exact) mass is 327 g/mol. The van der Waals surface area contributed by atoms with Gasteiger partial charge in [-0.1, -0.05) is 13.8 Å². The number of nitrogens with zero attached hydrogens (tertiary/aromatic N) is 3. The lowest BCUT2D eigenvalue weighted by Crippen LogP contribution is -2.66. The highest BCUT2D eigenvalue weighted by atomic mass is 16.2. The van der Waals surface area contributed by atoms with Crippen LogP contribution in [0.2, 0.25) is 0 Å². The number of carbonyl (C=O) groups is 2. The first kappa shape index (κ1) is 15.0. The summed E-state index contributed by atoms with van der Waals surface area (Å²) in [5, 5.41) is 5.28. The Labute approximate surface area is 140 Å². The van der Waals surface area contributed by atoms with Gasteiger partial charge in [0.2, 0.25) is 0 Å². The van der Waals surface area contributed by atoms with Gasteiger partial charge in [0.15, 0.2) is 0 Å². The van der Waals surface area contributed by atoms with Gasteiger partial charge in [-0.3, -0.25) is 14.5 Å². The minimum absolute atomic E-state index is 0.214. The van der Waals surface area contributed by atoms with E-state index in [2.05, 4.69) is 44.0 Å². The lowest BCUT2D eigenvalue weighted by molar-refractivity contribution is -0.129. The molecule has 0 saturated carbocycles. The van der Waals surface area contributed by atoms with Crippen molar-refractivity contribution in [1.29, 1.82) is 0 Å². The molecule has 1 unspecified atom stereocenters. The maximum absolute atomic E-state index is 12.4. The van der Waals surface area contributed by atoms with E-state index in [1.807, 2.05) is 26.4 Å². The number of anilines is 1. The number of hydrogen-bond donors (Lipinski definition) is 2. The van der Waals surface area contributed by atoms with Gasteiger partial charge in [0.1, 0.15) is 17.7 Å². The maximum atomic E-state index is 12.4. The van der Waals surface area contributed by atoms with Crippen molar-refractivity contribution in [3.63, 3.8) is 0 Å². The zero-order valence-electron chi connectivity index (χ0n) is 14.1. The summed E-state index contributed by atoms with van der Waals surface area (Å²) in [7, 11) is 0. The van der Waals surface area contributed by atoms with Crippen LogP contribution >= 0.6 is 0 Å². The van der Waals surface area contributed by atoms with Gasteiger partial charge >= 0.3 is 6.03 Å². The highest BCUT2D eigenvalue weighted by molar-refractivity contribution is 6.07. The van der Waals surface area contributed by atoms with Crippen LogP contribution in [-0.2, 0) is 4.79 Å². The Kier molecular flexibility index (Phi) is 2.95. The van der Waals surface area contributed by atoms with Gasteiger partial charge in [0, 0.05) is 18.5 Å². The van der Waals surface area contributed by atoms with Crippen LogP contribution in [-0.4, -0.2) is 40.0 Å². The SMILES string of the molecule is Cc1cc(N2CCC3(NC(=O)NC3=O)C(C)(C)C2)n2cncc2c1. The van der Waals surface area contributed by atoms with E-state index in [-0.39, 0.29) is 5.91 Å². The molecule has 7 heteroatoms. The molecule has 2 aliphatic rings. The first-order chi connectivity index (χ1) is 11.3. The molecule has 7 nitrogen and oxygen atoms in total. The topological polar surface area (TPSA) is 78.7 Å². The fourth-order valence-electron chi connectivity index (χ4n) is 4.07. The molecule has 4 rings (SSSR count). The van der Waals surface area contributed by atoms with Crippen LogP contribution in [0.5, 0.6) is 0 Å². The number of fused-ring (bicyclic) bond motifs is 1. The Morgan fingerprint density at radius 1 is 1.25 bits per heavy atom. The molecule has 0 radical (unpaired) electrons. The Balaban J connectivity index is 1.72. The van der Waals surface area contributed by atoms with Crippen LogP contribution in [0.4, 0.5) is 10.6 Å². The molecular formula is C17H21N5O2. The number of rotatable bonds is 1. The molecule has 2 aromatic heterocycles. The van der Waals surface area contributed by atoms with Crippen molar-refractivity contribution in [2.45, 2.75) is 32.7 Å². The van der Waals surface area contributed by atoms with E-state index in [9.17, 15) is 9.59 Å². The molecule has 2 aromatic rings. The number of carbonyl (C=O) groups excluding carboxylic acids is 2. The molecule has 0 bridgehead atoms. The summed E-state index contributed by atoms with van der Waals surface area (Å²) in [6, 6.07) is 3.84. The third-order valence-electron chi connectivity index (χ3n) is 5.41. The predicted octanol–water partition coefficient (Wildman–Crippen LogP) is 1.46. The Morgan fingerprint density at radius 3 is 2.71 bits per heavy atom. The Hall–Kier alpha value is -2.57. The van der Waals surface area contributed by atoms with Crippen LogP contribution in [0, 0.1) is 12.3 Å². The number of piperidine rings is 1. The molecule has 1 atom stereocenters. The minimum atomic E-state index is -0.835. The number of aromatic nitrogens is 2. The second-order valence-corrected chi connectivity index (χ2v) is 7.45. The molecule has 2 N–H and O–H groups in total. The van der Waals surface area contributed by atoms with Crippen molar-refractivity contribution in [2.24, 2.45) is 5.41 Å². The number of aryl methyl sites for hydroxylation is 1. The molecule has 24 heavy (non-hydrogen) atoms. The van der Waals surface area contributed by atoms with Crippen molar-refractivity contribution < 1.29 is 9.59 Å². The normalized spacial score (nSPS) is 26.0. The number of imidazole rings is 1. The molecule has 2 saturated heterocycles. The second-order valence-electron chi connectivity index (χ2n) is 7.45. The lowest BCUT2D eigenvalue weighted by atomic mass is 9.67. The second kappa shape index (κ2) is 4.72. The summed E-state index contributed by atoms with van der Waals surface area (Å²) >= 11 is 0. The summed E-state index contributed by atoms with van der Waals surface area (Å²) in [5.74, 6) is 0.851. The van der Waals surface area contributed by atoms with E-state index < -0.39 is 17.0 Å². The van der Waals surface area contributed by atoms with E-state index in [0.717, 1.165) is 11.3 Å². The average Bonchev–Trinajstić information content (AvgIpc) is 3.06.